The monoisotopic (exact) mass is 446 g/mol. The van der Waals surface area contributed by atoms with Crippen molar-refractivity contribution in [2.24, 2.45) is 11.8 Å². The standard InChI is InChI=1S/C21H22N2O7S/c1-30-21(12-31(28,29)13-21)19(20(26)22-27)23(14-25)18-8-6-15(7-9-18)4-2-3-5-16-10-17(16)11-24/h6-9,14,16-17,19,24,27H,10-13H2,1H3,(H,22,26)/t16-,17+,19?/m1/s1. The van der Waals surface area contributed by atoms with Crippen molar-refractivity contribution < 1.29 is 33.1 Å². The Labute approximate surface area is 180 Å². The first-order valence-corrected chi connectivity index (χ1v) is 11.3. The molecular weight excluding hydrogens is 424 g/mol. The number of methoxy groups -OCH3 is 1. The average molecular weight is 446 g/mol. The van der Waals surface area contributed by atoms with E-state index in [1.807, 2.05) is 0 Å². The number of sulfone groups is 1. The fourth-order valence-electron chi connectivity index (χ4n) is 3.62. The zero-order valence-corrected chi connectivity index (χ0v) is 17.6. The Morgan fingerprint density at radius 3 is 2.52 bits per heavy atom. The molecule has 31 heavy (non-hydrogen) atoms. The molecule has 2 aliphatic rings. The first-order valence-electron chi connectivity index (χ1n) is 9.45. The van der Waals surface area contributed by atoms with Crippen molar-refractivity contribution in [3.8, 4) is 23.7 Å². The van der Waals surface area contributed by atoms with Crippen LogP contribution >= 0.6 is 0 Å². The maximum Gasteiger partial charge on any atom is 0.269 e. The second-order valence-electron chi connectivity index (χ2n) is 7.54. The van der Waals surface area contributed by atoms with Gasteiger partial charge in [0.25, 0.3) is 5.91 Å². The number of rotatable bonds is 7. The average Bonchev–Trinajstić information content (AvgIpc) is 3.51. The summed E-state index contributed by atoms with van der Waals surface area (Å²) in [6.07, 6.45) is 1.26. The van der Waals surface area contributed by atoms with Gasteiger partial charge in [-0.1, -0.05) is 11.8 Å². The van der Waals surface area contributed by atoms with Gasteiger partial charge in [0, 0.05) is 30.9 Å². The van der Waals surface area contributed by atoms with Gasteiger partial charge in [-0.2, -0.15) is 0 Å². The van der Waals surface area contributed by atoms with Gasteiger partial charge < -0.3 is 9.84 Å². The lowest BCUT2D eigenvalue weighted by Gasteiger charge is -2.47. The first-order chi connectivity index (χ1) is 14.8. The number of amides is 2. The number of nitrogens with one attached hydrogen (secondary N) is 1. The highest BCUT2D eigenvalue weighted by Crippen LogP contribution is 2.37. The molecule has 1 heterocycles. The van der Waals surface area contributed by atoms with Crippen LogP contribution in [0.4, 0.5) is 5.69 Å². The number of ether oxygens (including phenoxy) is 1. The van der Waals surface area contributed by atoms with Crippen LogP contribution in [0.3, 0.4) is 0 Å². The summed E-state index contributed by atoms with van der Waals surface area (Å²) in [6.45, 7) is 0.132. The number of aliphatic hydroxyl groups excluding tert-OH is 1. The molecule has 0 spiro atoms. The van der Waals surface area contributed by atoms with Gasteiger partial charge in [-0.05, 0) is 48.4 Å². The molecule has 1 unspecified atom stereocenters. The van der Waals surface area contributed by atoms with Gasteiger partial charge in [0.15, 0.2) is 9.84 Å². The number of hydrogen-bond acceptors (Lipinski definition) is 7. The molecule has 0 radical (unpaired) electrons. The van der Waals surface area contributed by atoms with Crippen LogP contribution in [0.2, 0.25) is 0 Å². The van der Waals surface area contributed by atoms with Crippen LogP contribution in [0.25, 0.3) is 0 Å². The summed E-state index contributed by atoms with van der Waals surface area (Å²) in [4.78, 5) is 25.2. The number of anilines is 1. The maximum atomic E-state index is 12.4. The highest BCUT2D eigenvalue weighted by molar-refractivity contribution is 7.93. The molecule has 164 valence electrons. The van der Waals surface area contributed by atoms with E-state index in [0.717, 1.165) is 11.3 Å². The number of carbonyl (C=O) groups excluding carboxylic acids is 2. The normalized spacial score (nSPS) is 22.9. The second-order valence-corrected chi connectivity index (χ2v) is 9.61. The second kappa shape index (κ2) is 9.08. The van der Waals surface area contributed by atoms with E-state index in [4.69, 9.17) is 15.1 Å². The molecule has 9 nitrogen and oxygen atoms in total. The Kier molecular flexibility index (Phi) is 6.68. The van der Waals surface area contributed by atoms with E-state index in [1.165, 1.54) is 12.6 Å². The number of carbonyl (C=O) groups is 2. The lowest BCUT2D eigenvalue weighted by atomic mass is 9.94. The molecule has 0 aromatic heterocycles. The minimum Gasteiger partial charge on any atom is -0.396 e. The summed E-state index contributed by atoms with van der Waals surface area (Å²) in [5, 5.41) is 18.1. The maximum absolute atomic E-state index is 12.4. The topological polar surface area (TPSA) is 133 Å². The van der Waals surface area contributed by atoms with Crippen LogP contribution in [0, 0.1) is 35.5 Å². The van der Waals surface area contributed by atoms with Gasteiger partial charge >= 0.3 is 0 Å². The van der Waals surface area contributed by atoms with Crippen molar-refractivity contribution in [1.29, 1.82) is 0 Å². The SMILES string of the molecule is COC1(C(C(=O)NO)N(C=O)c2ccc(C#CC#C[C@@H]3C[C@H]3CO)cc2)CS(=O)(=O)C1. The number of nitrogens with zero attached hydrogens (tertiary/aromatic N) is 1. The number of hydrogen-bond donors (Lipinski definition) is 3. The van der Waals surface area contributed by atoms with Gasteiger partial charge in [-0.3, -0.25) is 19.7 Å². The minimum absolute atomic E-state index is 0.132. The van der Waals surface area contributed by atoms with Crippen molar-refractivity contribution in [3.63, 3.8) is 0 Å². The molecule has 3 atom stereocenters. The molecule has 1 aliphatic heterocycles. The molecular formula is C21H22N2O7S. The zero-order chi connectivity index (χ0) is 22.6. The molecule has 0 bridgehead atoms. The first kappa shape index (κ1) is 22.8. The summed E-state index contributed by atoms with van der Waals surface area (Å²) in [6, 6.07) is 4.94. The molecule has 3 N–H and O–H groups in total. The molecule has 1 aromatic rings. The van der Waals surface area contributed by atoms with Gasteiger partial charge in [0.2, 0.25) is 6.41 Å². The fourth-order valence-corrected chi connectivity index (χ4v) is 5.57. The molecule has 1 aromatic carbocycles. The van der Waals surface area contributed by atoms with Gasteiger partial charge in [0.05, 0.1) is 11.5 Å². The molecule has 3 rings (SSSR count). The van der Waals surface area contributed by atoms with Crippen molar-refractivity contribution in [3.05, 3.63) is 29.8 Å². The van der Waals surface area contributed by atoms with Crippen LogP contribution in [0.15, 0.2) is 24.3 Å². The van der Waals surface area contributed by atoms with Gasteiger partial charge in [-0.25, -0.2) is 13.9 Å². The quantitative estimate of drug-likeness (QED) is 0.219. The lowest BCUT2D eigenvalue weighted by Crippen LogP contribution is -2.71. The largest absolute Gasteiger partial charge is 0.396 e. The Morgan fingerprint density at radius 1 is 1.35 bits per heavy atom. The summed E-state index contributed by atoms with van der Waals surface area (Å²) in [5.74, 6) is 9.88. The highest BCUT2D eigenvalue weighted by Gasteiger charge is 2.59. The number of benzene rings is 1. The summed E-state index contributed by atoms with van der Waals surface area (Å²) in [7, 11) is -2.16. The predicted molar refractivity (Wildman–Crippen MR) is 110 cm³/mol. The third-order valence-electron chi connectivity index (χ3n) is 5.43. The van der Waals surface area contributed by atoms with E-state index in [2.05, 4.69) is 23.7 Å². The summed E-state index contributed by atoms with van der Waals surface area (Å²) < 4.78 is 28.8. The molecule has 1 aliphatic carbocycles. The molecule has 2 fully saturated rings. The lowest BCUT2D eigenvalue weighted by molar-refractivity contribution is -0.138. The number of aliphatic hydroxyl groups is 1. The Bertz CT molecular complexity index is 1060. The van der Waals surface area contributed by atoms with Gasteiger partial charge in [0.1, 0.15) is 11.6 Å². The fraction of sp³-hybridized carbons (Fsp3) is 0.429. The van der Waals surface area contributed by atoms with Gasteiger partial charge in [-0.15, -0.1) is 0 Å². The van der Waals surface area contributed by atoms with Crippen molar-refractivity contribution in [2.75, 3.05) is 30.1 Å². The van der Waals surface area contributed by atoms with Crippen LogP contribution in [0.1, 0.15) is 12.0 Å². The van der Waals surface area contributed by atoms with Crippen LogP contribution < -0.4 is 10.4 Å². The predicted octanol–water partition coefficient (Wildman–Crippen LogP) is -0.680. The van der Waals surface area contributed by atoms with E-state index in [-0.39, 0.29) is 18.4 Å². The minimum atomic E-state index is -3.41. The van der Waals surface area contributed by atoms with Crippen LogP contribution in [-0.4, -0.2) is 67.9 Å². The van der Waals surface area contributed by atoms with Crippen LogP contribution in [-0.2, 0) is 24.2 Å². The Morgan fingerprint density at radius 2 is 2.03 bits per heavy atom. The van der Waals surface area contributed by atoms with Crippen molar-refractivity contribution >= 4 is 27.8 Å². The molecule has 1 saturated heterocycles. The number of hydroxylamine groups is 1. The van der Waals surface area contributed by atoms with E-state index >= 15 is 0 Å². The van der Waals surface area contributed by atoms with E-state index < -0.39 is 38.9 Å². The molecule has 1 saturated carbocycles. The summed E-state index contributed by atoms with van der Waals surface area (Å²) in [5.41, 5.74) is 0.924. The smallest absolute Gasteiger partial charge is 0.269 e. The van der Waals surface area contributed by atoms with Crippen molar-refractivity contribution in [1.82, 2.24) is 5.48 Å². The highest BCUT2D eigenvalue weighted by atomic mass is 32.2. The Balaban J connectivity index is 1.80. The van der Waals surface area contributed by atoms with Crippen molar-refractivity contribution in [2.45, 2.75) is 18.1 Å². The third kappa shape index (κ3) is 4.89. The third-order valence-corrected chi connectivity index (χ3v) is 7.29. The molecule has 2 amide bonds. The van der Waals surface area contributed by atoms with E-state index in [0.29, 0.717) is 17.7 Å². The van der Waals surface area contributed by atoms with E-state index in [9.17, 15) is 18.0 Å². The summed E-state index contributed by atoms with van der Waals surface area (Å²) >= 11 is 0. The van der Waals surface area contributed by atoms with Crippen LogP contribution in [0.5, 0.6) is 0 Å². The zero-order valence-electron chi connectivity index (χ0n) is 16.7. The Hall–Kier alpha value is -2.89. The van der Waals surface area contributed by atoms with E-state index in [1.54, 1.807) is 24.3 Å². The molecule has 10 heteroatoms.